The van der Waals surface area contributed by atoms with Crippen molar-refractivity contribution in [2.75, 3.05) is 38.5 Å². The lowest BCUT2D eigenvalue weighted by atomic mass is 10.2. The number of amides is 7. The zero-order valence-electron chi connectivity index (χ0n) is 18.1. The largest absolute Gasteiger partial charge is 0.368 e. The van der Waals surface area contributed by atoms with Crippen molar-refractivity contribution in [1.82, 2.24) is 31.5 Å². The van der Waals surface area contributed by atoms with E-state index >= 15 is 0 Å². The second kappa shape index (κ2) is 13.9. The Morgan fingerprint density at radius 3 is 2.06 bits per heavy atom. The summed E-state index contributed by atoms with van der Waals surface area (Å²) in [5.74, 6) is -4.09. The Morgan fingerprint density at radius 1 is 0.909 bits per heavy atom. The van der Waals surface area contributed by atoms with Crippen LogP contribution in [0.2, 0.25) is 0 Å². The van der Waals surface area contributed by atoms with E-state index in [0.717, 1.165) is 0 Å². The summed E-state index contributed by atoms with van der Waals surface area (Å²) in [6.45, 7) is 0.0598. The monoisotopic (exact) mass is 487 g/mol. The Hall–Kier alpha value is -3.36. The Morgan fingerprint density at radius 2 is 1.48 bits per heavy atom. The van der Waals surface area contributed by atoms with Gasteiger partial charge in [0.25, 0.3) is 0 Å². The molecule has 0 saturated carbocycles. The van der Waals surface area contributed by atoms with E-state index in [0.29, 0.717) is 12.8 Å². The molecule has 0 aromatic heterocycles. The van der Waals surface area contributed by atoms with Crippen LogP contribution in [-0.2, 0) is 33.6 Å². The molecule has 0 aromatic rings. The molecular formula is C18H29N7O7S. The van der Waals surface area contributed by atoms with Gasteiger partial charge in [0.05, 0.1) is 26.2 Å². The summed E-state index contributed by atoms with van der Waals surface area (Å²) < 4.78 is 0. The van der Waals surface area contributed by atoms with Gasteiger partial charge in [-0.2, -0.15) is 12.6 Å². The van der Waals surface area contributed by atoms with E-state index in [-0.39, 0.29) is 25.4 Å². The standard InChI is InChI=1S/C18H29N7O7S/c1-10(26)20-6-14(28)22-8-16(30)24-11(9-33)18(32)25-4-2-3-12(25)17(31)23-7-15(29)21-5-13(19)27/h11-12,33H,2-9H2,1H3,(H2,19,27)(H,20,26)(H,21,29)(H,22,28)(H,23,31)(H,24,30)/t11-,12-/m0/s1. The van der Waals surface area contributed by atoms with E-state index < -0.39 is 66.5 Å². The first kappa shape index (κ1) is 27.7. The van der Waals surface area contributed by atoms with Crippen LogP contribution < -0.4 is 32.3 Å². The van der Waals surface area contributed by atoms with Crippen molar-refractivity contribution in [2.24, 2.45) is 5.73 Å². The molecule has 1 aliphatic heterocycles. The number of carbonyl (C=O) groups excluding carboxylic acids is 7. The van der Waals surface area contributed by atoms with Crippen molar-refractivity contribution in [3.05, 3.63) is 0 Å². The molecule has 15 heteroatoms. The summed E-state index contributed by atoms with van der Waals surface area (Å²) in [5.41, 5.74) is 4.92. The molecule has 1 heterocycles. The van der Waals surface area contributed by atoms with Gasteiger partial charge in [0, 0.05) is 19.2 Å². The molecule has 184 valence electrons. The van der Waals surface area contributed by atoms with Crippen molar-refractivity contribution in [1.29, 1.82) is 0 Å². The van der Waals surface area contributed by atoms with Crippen molar-refractivity contribution in [3.63, 3.8) is 0 Å². The van der Waals surface area contributed by atoms with E-state index in [2.05, 4.69) is 39.2 Å². The number of nitrogens with one attached hydrogen (secondary N) is 5. The highest BCUT2D eigenvalue weighted by atomic mass is 32.1. The Balaban J connectivity index is 2.56. The third kappa shape index (κ3) is 10.2. The van der Waals surface area contributed by atoms with Gasteiger partial charge in [-0.05, 0) is 12.8 Å². The Kier molecular flexibility index (Phi) is 11.7. The average molecular weight is 488 g/mol. The zero-order chi connectivity index (χ0) is 25.0. The van der Waals surface area contributed by atoms with Crippen LogP contribution in [0.5, 0.6) is 0 Å². The lowest BCUT2D eigenvalue weighted by Crippen LogP contribution is -2.56. The fraction of sp³-hybridized carbons (Fsp3) is 0.611. The summed E-state index contributed by atoms with van der Waals surface area (Å²) in [7, 11) is 0. The molecule has 1 saturated heterocycles. The van der Waals surface area contributed by atoms with E-state index in [1.165, 1.54) is 11.8 Å². The zero-order valence-corrected chi connectivity index (χ0v) is 19.0. The van der Waals surface area contributed by atoms with Crippen LogP contribution in [0.1, 0.15) is 19.8 Å². The molecule has 14 nitrogen and oxygen atoms in total. The number of likely N-dealkylation sites (tertiary alicyclic amines) is 1. The fourth-order valence-corrected chi connectivity index (χ4v) is 3.16. The second-order valence-electron chi connectivity index (χ2n) is 7.14. The second-order valence-corrected chi connectivity index (χ2v) is 7.50. The molecule has 7 amide bonds. The van der Waals surface area contributed by atoms with Gasteiger partial charge >= 0.3 is 0 Å². The molecule has 1 fully saturated rings. The summed E-state index contributed by atoms with van der Waals surface area (Å²) in [4.78, 5) is 83.4. The minimum atomic E-state index is -1.04. The van der Waals surface area contributed by atoms with Crippen LogP contribution in [0.3, 0.4) is 0 Å². The first-order valence-corrected chi connectivity index (χ1v) is 10.7. The van der Waals surface area contributed by atoms with Gasteiger partial charge in [0.2, 0.25) is 41.4 Å². The summed E-state index contributed by atoms with van der Waals surface area (Å²) in [5, 5.41) is 11.7. The third-order valence-corrected chi connectivity index (χ3v) is 4.85. The fourth-order valence-electron chi connectivity index (χ4n) is 2.91. The topological polar surface area (TPSA) is 209 Å². The van der Waals surface area contributed by atoms with Crippen molar-refractivity contribution >= 4 is 54.0 Å². The highest BCUT2D eigenvalue weighted by molar-refractivity contribution is 7.80. The SMILES string of the molecule is CC(=O)NCC(=O)NCC(=O)N[C@@H](CS)C(=O)N1CCC[C@H]1C(=O)NCC(=O)NCC(N)=O. The summed E-state index contributed by atoms with van der Waals surface area (Å²) in [6, 6.07) is -1.88. The number of thiol groups is 1. The maximum atomic E-state index is 12.9. The number of primary amides is 1. The van der Waals surface area contributed by atoms with Crippen LogP contribution in [0.25, 0.3) is 0 Å². The molecule has 0 spiro atoms. The number of rotatable bonds is 12. The van der Waals surface area contributed by atoms with Crippen LogP contribution >= 0.6 is 12.6 Å². The third-order valence-electron chi connectivity index (χ3n) is 4.48. The van der Waals surface area contributed by atoms with E-state index in [1.807, 2.05) is 0 Å². The van der Waals surface area contributed by atoms with Gasteiger partial charge in [0.15, 0.2) is 0 Å². The molecule has 0 unspecified atom stereocenters. The van der Waals surface area contributed by atoms with Crippen molar-refractivity contribution in [2.45, 2.75) is 31.8 Å². The Bertz CT molecular complexity index is 792. The number of hydrogen-bond acceptors (Lipinski definition) is 8. The van der Waals surface area contributed by atoms with E-state index in [9.17, 15) is 33.6 Å². The highest BCUT2D eigenvalue weighted by Gasteiger charge is 2.37. The first-order valence-electron chi connectivity index (χ1n) is 10.1. The molecule has 0 aromatic carbocycles. The summed E-state index contributed by atoms with van der Waals surface area (Å²) >= 11 is 4.09. The predicted octanol–water partition coefficient (Wildman–Crippen LogP) is -4.64. The average Bonchev–Trinajstić information content (AvgIpc) is 3.26. The van der Waals surface area contributed by atoms with Gasteiger partial charge in [-0.1, -0.05) is 0 Å². The molecule has 0 radical (unpaired) electrons. The van der Waals surface area contributed by atoms with Crippen LogP contribution in [-0.4, -0.2) is 96.8 Å². The first-order chi connectivity index (χ1) is 15.5. The van der Waals surface area contributed by atoms with Crippen LogP contribution in [0, 0.1) is 0 Å². The minimum absolute atomic E-state index is 0.0508. The molecule has 2 atom stereocenters. The molecule has 0 aliphatic carbocycles. The maximum absolute atomic E-state index is 12.9. The normalized spacial score (nSPS) is 15.7. The molecule has 0 bridgehead atoms. The lowest BCUT2D eigenvalue weighted by Gasteiger charge is -2.28. The number of carbonyl (C=O) groups is 7. The highest BCUT2D eigenvalue weighted by Crippen LogP contribution is 2.18. The van der Waals surface area contributed by atoms with Crippen LogP contribution in [0.4, 0.5) is 0 Å². The maximum Gasteiger partial charge on any atom is 0.246 e. The number of hydrogen-bond donors (Lipinski definition) is 7. The predicted molar refractivity (Wildman–Crippen MR) is 117 cm³/mol. The Labute approximate surface area is 195 Å². The van der Waals surface area contributed by atoms with E-state index in [4.69, 9.17) is 5.73 Å². The quantitative estimate of drug-likeness (QED) is 0.134. The van der Waals surface area contributed by atoms with E-state index in [1.54, 1.807) is 0 Å². The van der Waals surface area contributed by atoms with Gasteiger partial charge in [-0.3, -0.25) is 33.6 Å². The number of nitrogens with zero attached hydrogens (tertiary/aromatic N) is 1. The van der Waals surface area contributed by atoms with Gasteiger partial charge in [0.1, 0.15) is 12.1 Å². The smallest absolute Gasteiger partial charge is 0.246 e. The molecule has 1 rings (SSSR count). The summed E-state index contributed by atoms with van der Waals surface area (Å²) in [6.07, 6.45) is 0.914. The molecule has 7 N–H and O–H groups in total. The van der Waals surface area contributed by atoms with Gasteiger partial charge in [-0.25, -0.2) is 0 Å². The van der Waals surface area contributed by atoms with Crippen LogP contribution in [0.15, 0.2) is 0 Å². The molecular weight excluding hydrogens is 458 g/mol. The van der Waals surface area contributed by atoms with Crippen molar-refractivity contribution in [3.8, 4) is 0 Å². The van der Waals surface area contributed by atoms with Crippen molar-refractivity contribution < 1.29 is 33.6 Å². The van der Waals surface area contributed by atoms with Gasteiger partial charge in [-0.15, -0.1) is 0 Å². The molecule has 1 aliphatic rings. The minimum Gasteiger partial charge on any atom is -0.368 e. The molecule has 33 heavy (non-hydrogen) atoms. The van der Waals surface area contributed by atoms with Gasteiger partial charge < -0.3 is 37.2 Å². The number of nitrogens with two attached hydrogens (primary N) is 1. The lowest BCUT2D eigenvalue weighted by molar-refractivity contribution is -0.141.